The summed E-state index contributed by atoms with van der Waals surface area (Å²) in [7, 11) is 0. The highest BCUT2D eigenvalue weighted by Gasteiger charge is 2.38. The van der Waals surface area contributed by atoms with Crippen molar-refractivity contribution in [1.29, 1.82) is 0 Å². The highest BCUT2D eigenvalue weighted by atomic mass is 14.7. The topological polar surface area (TPSA) is 12.9 Å². The maximum absolute atomic E-state index is 5.32. The van der Waals surface area contributed by atoms with Gasteiger partial charge in [0.2, 0.25) is 0 Å². The minimum absolute atomic E-state index is 0.0709. The maximum atomic E-state index is 5.32. The molecule has 3 aromatic carbocycles. The molecular weight excluding hydrogens is 434 g/mol. The van der Waals surface area contributed by atoms with Crippen LogP contribution in [0, 0.1) is 19.3 Å². The average Bonchev–Trinajstić information content (AvgIpc) is 3.30. The Morgan fingerprint density at radius 1 is 0.833 bits per heavy atom. The van der Waals surface area contributed by atoms with Crippen molar-refractivity contribution in [2.75, 3.05) is 0 Å². The van der Waals surface area contributed by atoms with E-state index < -0.39 is 0 Å². The van der Waals surface area contributed by atoms with Crippen molar-refractivity contribution in [1.82, 2.24) is 4.98 Å². The predicted octanol–water partition coefficient (Wildman–Crippen LogP) is 10.2. The molecule has 6 rings (SSSR count). The second-order valence-electron chi connectivity index (χ2n) is 13.0. The molecule has 0 aliphatic heterocycles. The lowest BCUT2D eigenvalue weighted by Gasteiger charge is -2.38. The molecule has 2 aliphatic carbocycles. The molecule has 2 fully saturated rings. The van der Waals surface area contributed by atoms with Gasteiger partial charge in [-0.25, -0.2) is 4.98 Å². The Labute approximate surface area is 217 Å². The fourth-order valence-corrected chi connectivity index (χ4v) is 7.51. The van der Waals surface area contributed by atoms with Gasteiger partial charge in [-0.05, 0) is 126 Å². The summed E-state index contributed by atoms with van der Waals surface area (Å²) in [6.07, 6.45) is 11.3. The minimum atomic E-state index is 0.0709. The molecule has 1 spiro atoms. The van der Waals surface area contributed by atoms with Crippen LogP contribution in [-0.4, -0.2) is 4.98 Å². The fraction of sp³-hybridized carbons (Fsp3) is 0.457. The van der Waals surface area contributed by atoms with E-state index >= 15 is 0 Å². The minimum Gasteiger partial charge on any atom is -0.248 e. The standard InChI is InChI=1S/C35H41N/c1-23-18-24(2)33-29(25-12-16-35(17-13-25)14-8-9-15-35)22-31(36-32(33)19-23)27-20-26-10-6-7-11-28(26)30(21-27)34(3,4)5/h6-7,10-11,18-22,25H,8-9,12-17H2,1-5H3. The van der Waals surface area contributed by atoms with Crippen molar-refractivity contribution < 1.29 is 0 Å². The van der Waals surface area contributed by atoms with Gasteiger partial charge in [0.15, 0.2) is 0 Å². The monoisotopic (exact) mass is 475 g/mol. The van der Waals surface area contributed by atoms with Crippen molar-refractivity contribution in [3.05, 3.63) is 76.9 Å². The molecule has 1 heterocycles. The fourth-order valence-electron chi connectivity index (χ4n) is 7.51. The number of hydrogen-bond acceptors (Lipinski definition) is 1. The molecular formula is C35H41N. The number of hydrogen-bond donors (Lipinski definition) is 0. The lowest BCUT2D eigenvalue weighted by molar-refractivity contribution is 0.182. The number of fused-ring (bicyclic) bond motifs is 2. The zero-order chi connectivity index (χ0) is 25.1. The van der Waals surface area contributed by atoms with Crippen molar-refractivity contribution in [3.8, 4) is 11.3 Å². The molecule has 0 amide bonds. The number of rotatable bonds is 2. The summed E-state index contributed by atoms with van der Waals surface area (Å²) in [5.74, 6) is 0.643. The summed E-state index contributed by atoms with van der Waals surface area (Å²) in [5, 5.41) is 4.08. The van der Waals surface area contributed by atoms with E-state index in [0.717, 1.165) is 5.69 Å². The van der Waals surface area contributed by atoms with E-state index in [1.165, 1.54) is 95.3 Å². The van der Waals surface area contributed by atoms with Crippen LogP contribution in [0.1, 0.15) is 100 Å². The van der Waals surface area contributed by atoms with Crippen molar-refractivity contribution in [2.45, 2.75) is 97.3 Å². The molecule has 2 aliphatic rings. The molecule has 1 aromatic heterocycles. The zero-order valence-corrected chi connectivity index (χ0v) is 22.9. The first-order valence-electron chi connectivity index (χ1n) is 14.2. The third-order valence-corrected chi connectivity index (χ3v) is 9.40. The summed E-state index contributed by atoms with van der Waals surface area (Å²) < 4.78 is 0. The second-order valence-corrected chi connectivity index (χ2v) is 13.0. The van der Waals surface area contributed by atoms with Crippen LogP contribution in [-0.2, 0) is 5.41 Å². The Morgan fingerprint density at radius 2 is 1.56 bits per heavy atom. The van der Waals surface area contributed by atoms with E-state index in [1.54, 1.807) is 5.56 Å². The molecule has 1 heteroatoms. The highest BCUT2D eigenvalue weighted by molar-refractivity contribution is 5.93. The molecule has 0 atom stereocenters. The van der Waals surface area contributed by atoms with Crippen molar-refractivity contribution >= 4 is 21.7 Å². The van der Waals surface area contributed by atoms with Gasteiger partial charge in [0.05, 0.1) is 11.2 Å². The van der Waals surface area contributed by atoms with Gasteiger partial charge in [0.1, 0.15) is 0 Å². The van der Waals surface area contributed by atoms with Gasteiger partial charge in [0.25, 0.3) is 0 Å². The normalized spacial score (nSPS) is 18.5. The lowest BCUT2D eigenvalue weighted by Crippen LogP contribution is -2.24. The Bertz CT molecular complexity index is 1440. The van der Waals surface area contributed by atoms with Crippen LogP contribution in [0.4, 0.5) is 0 Å². The summed E-state index contributed by atoms with van der Waals surface area (Å²) in [6.45, 7) is 11.5. The van der Waals surface area contributed by atoms with Gasteiger partial charge >= 0.3 is 0 Å². The van der Waals surface area contributed by atoms with E-state index in [9.17, 15) is 0 Å². The van der Waals surface area contributed by atoms with Crippen molar-refractivity contribution in [3.63, 3.8) is 0 Å². The third-order valence-electron chi connectivity index (χ3n) is 9.40. The van der Waals surface area contributed by atoms with Gasteiger partial charge in [-0.3, -0.25) is 0 Å². The van der Waals surface area contributed by atoms with Gasteiger partial charge in [0, 0.05) is 10.9 Å². The van der Waals surface area contributed by atoms with Gasteiger partial charge in [-0.15, -0.1) is 0 Å². The van der Waals surface area contributed by atoms with Crippen LogP contribution in [0.15, 0.2) is 54.6 Å². The van der Waals surface area contributed by atoms with Gasteiger partial charge < -0.3 is 0 Å². The van der Waals surface area contributed by atoms with Crippen LogP contribution in [0.25, 0.3) is 32.9 Å². The Hall–Kier alpha value is -2.67. The summed E-state index contributed by atoms with van der Waals surface area (Å²) in [4.78, 5) is 5.32. The Morgan fingerprint density at radius 3 is 2.28 bits per heavy atom. The summed E-state index contributed by atoms with van der Waals surface area (Å²) in [6, 6.07) is 20.7. The highest BCUT2D eigenvalue weighted by Crippen LogP contribution is 2.53. The van der Waals surface area contributed by atoms with Gasteiger partial charge in [-0.1, -0.05) is 63.9 Å². The Kier molecular flexibility index (Phi) is 5.74. The number of aryl methyl sites for hydroxylation is 2. The molecule has 1 nitrogen and oxygen atoms in total. The average molecular weight is 476 g/mol. The SMILES string of the molecule is Cc1cc(C)c2c(C3CCC4(CCCC4)CC3)cc(-c3cc(C(C)(C)C)c4ccccc4c3)nc2c1. The number of aromatic nitrogens is 1. The lowest BCUT2D eigenvalue weighted by atomic mass is 9.67. The zero-order valence-electron chi connectivity index (χ0n) is 22.9. The molecule has 0 radical (unpaired) electrons. The molecule has 36 heavy (non-hydrogen) atoms. The third kappa shape index (κ3) is 4.15. The first-order valence-corrected chi connectivity index (χ1v) is 14.2. The van der Waals surface area contributed by atoms with E-state index in [1.807, 2.05) is 0 Å². The number of benzene rings is 3. The molecule has 0 bridgehead atoms. The molecule has 0 N–H and O–H groups in total. The first kappa shape index (κ1) is 23.7. The maximum Gasteiger partial charge on any atom is 0.0717 e. The Balaban J connectivity index is 1.52. The van der Waals surface area contributed by atoms with E-state index in [4.69, 9.17) is 4.98 Å². The largest absolute Gasteiger partial charge is 0.248 e. The van der Waals surface area contributed by atoms with E-state index in [2.05, 4.69) is 89.2 Å². The van der Waals surface area contributed by atoms with Gasteiger partial charge in [-0.2, -0.15) is 0 Å². The predicted molar refractivity (Wildman–Crippen MR) is 155 cm³/mol. The molecule has 4 aromatic rings. The van der Waals surface area contributed by atoms with Crippen LogP contribution >= 0.6 is 0 Å². The first-order chi connectivity index (χ1) is 17.2. The summed E-state index contributed by atoms with van der Waals surface area (Å²) in [5.41, 5.74) is 9.93. The van der Waals surface area contributed by atoms with Crippen LogP contribution < -0.4 is 0 Å². The molecule has 2 saturated carbocycles. The summed E-state index contributed by atoms with van der Waals surface area (Å²) >= 11 is 0. The quantitative estimate of drug-likeness (QED) is 0.281. The molecule has 186 valence electrons. The number of nitrogens with zero attached hydrogens (tertiary/aromatic N) is 1. The molecule has 0 saturated heterocycles. The van der Waals surface area contributed by atoms with Crippen molar-refractivity contribution in [2.24, 2.45) is 5.41 Å². The van der Waals surface area contributed by atoms with Crippen LogP contribution in [0.3, 0.4) is 0 Å². The van der Waals surface area contributed by atoms with Crippen LogP contribution in [0.2, 0.25) is 0 Å². The smallest absolute Gasteiger partial charge is 0.0717 e. The number of pyridine rings is 1. The van der Waals surface area contributed by atoms with E-state index in [-0.39, 0.29) is 5.41 Å². The van der Waals surface area contributed by atoms with Crippen LogP contribution in [0.5, 0.6) is 0 Å². The molecule has 0 unspecified atom stereocenters. The second kappa shape index (κ2) is 8.72. The van der Waals surface area contributed by atoms with E-state index in [0.29, 0.717) is 11.3 Å².